The number of carboxylic acid groups (broad SMARTS) is 2. The second-order valence-corrected chi connectivity index (χ2v) is 6.92. The molecule has 1 saturated carbocycles. The highest BCUT2D eigenvalue weighted by atomic mass is 16.8. The largest absolute Gasteiger partial charge is 0.481 e. The quantitative estimate of drug-likeness (QED) is 0.301. The fourth-order valence-corrected chi connectivity index (χ4v) is 4.02. The molecule has 0 unspecified atom stereocenters. The van der Waals surface area contributed by atoms with Crippen LogP contribution in [0.1, 0.15) is 12.8 Å². The van der Waals surface area contributed by atoms with E-state index >= 15 is 0 Å². The van der Waals surface area contributed by atoms with Crippen LogP contribution in [-0.4, -0.2) is 86.2 Å². The Morgan fingerprint density at radius 2 is 1.78 bits per heavy atom. The normalized spacial score (nSPS) is 44.1. The van der Waals surface area contributed by atoms with Crippen LogP contribution in [0.15, 0.2) is 11.8 Å². The molecule has 2 aliphatic heterocycles. The van der Waals surface area contributed by atoms with Gasteiger partial charge >= 0.3 is 11.9 Å². The van der Waals surface area contributed by atoms with Gasteiger partial charge < -0.3 is 44.8 Å². The number of fused-ring (bicyclic) bond motifs is 1. The molecular formula is C16H22O11. The van der Waals surface area contributed by atoms with Crippen molar-refractivity contribution < 1.29 is 54.4 Å². The number of aliphatic hydroxyl groups excluding tert-OH is 4. The summed E-state index contributed by atoms with van der Waals surface area (Å²) in [6.45, 7) is -0.650. The Balaban J connectivity index is 1.82. The lowest BCUT2D eigenvalue weighted by Gasteiger charge is -2.42. The highest BCUT2D eigenvalue weighted by Crippen LogP contribution is 2.47. The van der Waals surface area contributed by atoms with E-state index in [0.29, 0.717) is 6.42 Å². The standard InChI is InChI=1S/C16H22O11/c17-3-8-10(18)11(19)12(20)16(26-8)27-15-9-5(1-2-6(9)13(21)22)7(4-25-15)14(23)24/h4-6,8-12,15-20H,1-3H2,(H,21,22)(H,23,24)/t5-,6+,8-,9+,10-,11+,12-,15+,16+/m1/s1. The highest BCUT2D eigenvalue weighted by molar-refractivity contribution is 5.87. The van der Waals surface area contributed by atoms with Gasteiger partial charge in [-0.05, 0) is 12.8 Å². The summed E-state index contributed by atoms with van der Waals surface area (Å²) in [5.74, 6) is -4.73. The molecule has 1 aliphatic carbocycles. The van der Waals surface area contributed by atoms with E-state index in [4.69, 9.17) is 14.2 Å². The van der Waals surface area contributed by atoms with Crippen molar-refractivity contribution in [2.24, 2.45) is 17.8 Å². The van der Waals surface area contributed by atoms with Gasteiger partial charge in [-0.25, -0.2) is 4.79 Å². The number of hydrogen-bond donors (Lipinski definition) is 6. The van der Waals surface area contributed by atoms with Crippen LogP contribution in [-0.2, 0) is 23.8 Å². The number of aliphatic hydroxyl groups is 4. The van der Waals surface area contributed by atoms with Crippen molar-refractivity contribution in [1.82, 2.24) is 0 Å². The molecule has 152 valence electrons. The van der Waals surface area contributed by atoms with Crippen LogP contribution in [0, 0.1) is 17.8 Å². The number of rotatable bonds is 5. The first-order chi connectivity index (χ1) is 12.8. The third-order valence-electron chi connectivity index (χ3n) is 5.44. The lowest BCUT2D eigenvalue weighted by Crippen LogP contribution is -2.60. The highest BCUT2D eigenvalue weighted by Gasteiger charge is 2.53. The zero-order valence-electron chi connectivity index (χ0n) is 14.1. The van der Waals surface area contributed by atoms with Gasteiger partial charge in [0.15, 0.2) is 6.29 Å². The Morgan fingerprint density at radius 3 is 2.37 bits per heavy atom. The Bertz CT molecular complexity index is 617. The summed E-state index contributed by atoms with van der Waals surface area (Å²) in [5.41, 5.74) is -0.0580. The SMILES string of the molecule is O=C(O)C1=CO[C@@H](O[C@@H]2O[C@H](CO)[C@@H](O)[C@H](O)[C@H]2O)[C@@H]2[C@@H](C(=O)O)CC[C@H]12. The predicted octanol–water partition coefficient (Wildman–Crippen LogP) is -2.15. The minimum atomic E-state index is -1.68. The maximum absolute atomic E-state index is 11.6. The molecule has 2 heterocycles. The molecule has 9 atom stereocenters. The van der Waals surface area contributed by atoms with E-state index in [0.717, 1.165) is 6.26 Å². The van der Waals surface area contributed by atoms with Crippen LogP contribution in [0.3, 0.4) is 0 Å². The van der Waals surface area contributed by atoms with Gasteiger partial charge in [0.2, 0.25) is 6.29 Å². The molecule has 0 radical (unpaired) electrons. The van der Waals surface area contributed by atoms with Gasteiger partial charge in [0.25, 0.3) is 0 Å². The molecule has 1 saturated heterocycles. The predicted molar refractivity (Wildman–Crippen MR) is 82.8 cm³/mol. The van der Waals surface area contributed by atoms with Crippen LogP contribution in [0.5, 0.6) is 0 Å². The zero-order valence-corrected chi connectivity index (χ0v) is 14.1. The smallest absolute Gasteiger partial charge is 0.334 e. The molecule has 0 aromatic rings. The summed E-state index contributed by atoms with van der Waals surface area (Å²) in [7, 11) is 0. The van der Waals surface area contributed by atoms with E-state index < -0.39 is 73.3 Å². The molecule has 3 rings (SSSR count). The average Bonchev–Trinajstić information content (AvgIpc) is 3.07. The van der Waals surface area contributed by atoms with E-state index in [1.807, 2.05) is 0 Å². The summed E-state index contributed by atoms with van der Waals surface area (Å²) < 4.78 is 16.1. The summed E-state index contributed by atoms with van der Waals surface area (Å²) >= 11 is 0. The molecule has 2 fully saturated rings. The maximum Gasteiger partial charge on any atom is 0.334 e. The first-order valence-corrected chi connectivity index (χ1v) is 8.53. The summed E-state index contributed by atoms with van der Waals surface area (Å²) in [6.07, 6.45) is -7.33. The van der Waals surface area contributed by atoms with Crippen LogP contribution < -0.4 is 0 Å². The minimum absolute atomic E-state index is 0.0580. The zero-order chi connectivity index (χ0) is 19.9. The third-order valence-corrected chi connectivity index (χ3v) is 5.44. The molecule has 0 spiro atoms. The molecule has 0 amide bonds. The third kappa shape index (κ3) is 3.53. The molecule has 6 N–H and O–H groups in total. The molecule has 11 nitrogen and oxygen atoms in total. The molecule has 0 aromatic carbocycles. The van der Waals surface area contributed by atoms with Crippen molar-refractivity contribution >= 4 is 11.9 Å². The van der Waals surface area contributed by atoms with Crippen molar-refractivity contribution in [3.63, 3.8) is 0 Å². The lowest BCUT2D eigenvalue weighted by atomic mass is 9.83. The Hall–Kier alpha value is -1.76. The van der Waals surface area contributed by atoms with Crippen LogP contribution in [0.4, 0.5) is 0 Å². The Labute approximate surface area is 153 Å². The second-order valence-electron chi connectivity index (χ2n) is 6.92. The van der Waals surface area contributed by atoms with Gasteiger partial charge in [-0.1, -0.05) is 0 Å². The van der Waals surface area contributed by atoms with Crippen molar-refractivity contribution in [3.05, 3.63) is 11.8 Å². The molecule has 0 bridgehead atoms. The van der Waals surface area contributed by atoms with Gasteiger partial charge in [-0.2, -0.15) is 0 Å². The Kier molecular flexibility index (Phi) is 5.70. The maximum atomic E-state index is 11.6. The van der Waals surface area contributed by atoms with E-state index in [1.54, 1.807) is 0 Å². The molecule has 27 heavy (non-hydrogen) atoms. The molecule has 0 aromatic heterocycles. The number of hydrogen-bond acceptors (Lipinski definition) is 9. The summed E-state index contributed by atoms with van der Waals surface area (Å²) in [5, 5.41) is 57.7. The summed E-state index contributed by atoms with van der Waals surface area (Å²) in [4.78, 5) is 23.0. The van der Waals surface area contributed by atoms with Gasteiger partial charge in [-0.15, -0.1) is 0 Å². The van der Waals surface area contributed by atoms with E-state index in [2.05, 4.69) is 0 Å². The van der Waals surface area contributed by atoms with Crippen molar-refractivity contribution in [2.45, 2.75) is 49.8 Å². The number of aliphatic carboxylic acids is 2. The summed E-state index contributed by atoms with van der Waals surface area (Å²) in [6, 6.07) is 0. The Morgan fingerprint density at radius 1 is 1.07 bits per heavy atom. The number of ether oxygens (including phenoxy) is 3. The van der Waals surface area contributed by atoms with Crippen molar-refractivity contribution in [1.29, 1.82) is 0 Å². The fraction of sp³-hybridized carbons (Fsp3) is 0.750. The van der Waals surface area contributed by atoms with E-state index in [9.17, 15) is 40.2 Å². The first kappa shape index (κ1) is 20.0. The number of carbonyl (C=O) groups is 2. The van der Waals surface area contributed by atoms with E-state index in [1.165, 1.54) is 0 Å². The van der Waals surface area contributed by atoms with Crippen LogP contribution >= 0.6 is 0 Å². The monoisotopic (exact) mass is 390 g/mol. The van der Waals surface area contributed by atoms with Gasteiger partial charge in [0, 0.05) is 11.8 Å². The average molecular weight is 390 g/mol. The molecule has 11 heteroatoms. The number of carboxylic acids is 2. The first-order valence-electron chi connectivity index (χ1n) is 8.53. The molecular weight excluding hydrogens is 368 g/mol. The van der Waals surface area contributed by atoms with Crippen LogP contribution in [0.2, 0.25) is 0 Å². The van der Waals surface area contributed by atoms with Gasteiger partial charge in [0.1, 0.15) is 24.4 Å². The van der Waals surface area contributed by atoms with Gasteiger partial charge in [-0.3, -0.25) is 4.79 Å². The van der Waals surface area contributed by atoms with Gasteiger partial charge in [0.05, 0.1) is 24.4 Å². The van der Waals surface area contributed by atoms with Crippen molar-refractivity contribution in [2.75, 3.05) is 6.61 Å². The second kappa shape index (κ2) is 7.70. The fourth-order valence-electron chi connectivity index (χ4n) is 4.02. The van der Waals surface area contributed by atoms with Crippen LogP contribution in [0.25, 0.3) is 0 Å². The topological polar surface area (TPSA) is 183 Å². The van der Waals surface area contributed by atoms with Crippen molar-refractivity contribution in [3.8, 4) is 0 Å². The molecule has 3 aliphatic rings. The lowest BCUT2D eigenvalue weighted by molar-refractivity contribution is -0.342. The minimum Gasteiger partial charge on any atom is -0.481 e. The van der Waals surface area contributed by atoms with E-state index in [-0.39, 0.29) is 12.0 Å².